The van der Waals surface area contributed by atoms with Gasteiger partial charge in [-0.3, -0.25) is 4.79 Å². The van der Waals surface area contributed by atoms with Gasteiger partial charge >= 0.3 is 0 Å². The summed E-state index contributed by atoms with van der Waals surface area (Å²) in [7, 11) is 3.65. The van der Waals surface area contributed by atoms with Gasteiger partial charge in [0.25, 0.3) is 5.91 Å². The second-order valence-electron chi connectivity index (χ2n) is 4.55. The Balaban J connectivity index is 2.12. The molecule has 0 saturated carbocycles. The van der Waals surface area contributed by atoms with Crippen LogP contribution in [0.1, 0.15) is 27.5 Å². The van der Waals surface area contributed by atoms with Crippen LogP contribution >= 0.6 is 11.3 Å². The van der Waals surface area contributed by atoms with Gasteiger partial charge in [-0.1, -0.05) is 11.8 Å². The van der Waals surface area contributed by atoms with Crippen LogP contribution in [0.5, 0.6) is 0 Å². The third-order valence-electron chi connectivity index (χ3n) is 2.97. The largest absolute Gasteiger partial charge is 0.395 e. The summed E-state index contributed by atoms with van der Waals surface area (Å²) in [5.41, 5.74) is 0.713. The molecule has 0 aliphatic carbocycles. The zero-order valence-corrected chi connectivity index (χ0v) is 12.9. The lowest BCUT2D eigenvalue weighted by Crippen LogP contribution is -2.27. The van der Waals surface area contributed by atoms with Crippen molar-refractivity contribution in [2.24, 2.45) is 7.05 Å². The number of hydrogen-bond donors (Lipinski definition) is 1. The van der Waals surface area contributed by atoms with Crippen molar-refractivity contribution >= 4 is 17.2 Å². The van der Waals surface area contributed by atoms with Crippen molar-refractivity contribution in [3.63, 3.8) is 0 Å². The van der Waals surface area contributed by atoms with Gasteiger partial charge in [-0.25, -0.2) is 4.98 Å². The van der Waals surface area contributed by atoms with Gasteiger partial charge in [-0.15, -0.1) is 11.3 Å². The van der Waals surface area contributed by atoms with Crippen LogP contribution in [0.3, 0.4) is 0 Å². The highest BCUT2D eigenvalue weighted by Gasteiger charge is 2.18. The first kappa shape index (κ1) is 15.3. The molecule has 0 radical (unpaired) electrons. The van der Waals surface area contributed by atoms with Gasteiger partial charge in [-0.2, -0.15) is 0 Å². The molecule has 0 saturated heterocycles. The lowest BCUT2D eigenvalue weighted by Gasteiger charge is -2.16. The van der Waals surface area contributed by atoms with Gasteiger partial charge in [0.05, 0.1) is 13.2 Å². The maximum Gasteiger partial charge on any atom is 0.265 e. The highest BCUT2D eigenvalue weighted by molar-refractivity contribution is 7.12. The van der Waals surface area contributed by atoms with Crippen LogP contribution in [-0.2, 0) is 13.6 Å². The van der Waals surface area contributed by atoms with Crippen molar-refractivity contribution in [3.05, 3.63) is 40.1 Å². The molecule has 6 heteroatoms. The Labute approximate surface area is 127 Å². The summed E-state index contributed by atoms with van der Waals surface area (Å²) in [5, 5.41) is 10.6. The minimum Gasteiger partial charge on any atom is -0.395 e. The first-order valence-electron chi connectivity index (χ1n) is 6.52. The van der Waals surface area contributed by atoms with Gasteiger partial charge in [0.1, 0.15) is 10.7 Å². The molecule has 2 aromatic heterocycles. The molecule has 2 heterocycles. The molecule has 0 aliphatic heterocycles. The van der Waals surface area contributed by atoms with Crippen LogP contribution in [0.25, 0.3) is 0 Å². The summed E-state index contributed by atoms with van der Waals surface area (Å²) in [4.78, 5) is 19.0. The number of carbonyl (C=O) groups is 1. The SMILES string of the molecule is CN(Cc1nccn1C)C(=O)c1sccc1C#CCCO. The van der Waals surface area contributed by atoms with Crippen molar-refractivity contribution in [2.45, 2.75) is 13.0 Å². The van der Waals surface area contributed by atoms with E-state index in [1.165, 1.54) is 11.3 Å². The molecule has 0 atom stereocenters. The van der Waals surface area contributed by atoms with Crippen LogP contribution < -0.4 is 0 Å². The van der Waals surface area contributed by atoms with Gasteiger partial charge in [0.2, 0.25) is 0 Å². The number of aryl methyl sites for hydroxylation is 1. The van der Waals surface area contributed by atoms with Crippen molar-refractivity contribution in [1.29, 1.82) is 0 Å². The number of imidazole rings is 1. The van der Waals surface area contributed by atoms with E-state index in [0.29, 0.717) is 23.4 Å². The minimum atomic E-state index is -0.0682. The van der Waals surface area contributed by atoms with Crippen LogP contribution in [0.2, 0.25) is 0 Å². The fraction of sp³-hybridized carbons (Fsp3) is 0.333. The molecule has 1 amide bonds. The number of thiophene rings is 1. The average Bonchev–Trinajstić information content (AvgIpc) is 3.08. The average molecular weight is 303 g/mol. The summed E-state index contributed by atoms with van der Waals surface area (Å²) in [6.45, 7) is 0.475. The van der Waals surface area contributed by atoms with E-state index in [1.54, 1.807) is 18.1 Å². The molecule has 2 rings (SSSR count). The smallest absolute Gasteiger partial charge is 0.265 e. The Morgan fingerprint density at radius 3 is 3.05 bits per heavy atom. The number of aromatic nitrogens is 2. The third kappa shape index (κ3) is 3.72. The van der Waals surface area contributed by atoms with Gasteiger partial charge in [0.15, 0.2) is 0 Å². The Morgan fingerprint density at radius 2 is 2.38 bits per heavy atom. The molecule has 0 fully saturated rings. The monoisotopic (exact) mass is 303 g/mol. The third-order valence-corrected chi connectivity index (χ3v) is 3.87. The molecule has 0 aliphatic rings. The fourth-order valence-corrected chi connectivity index (χ4v) is 2.64. The van der Waals surface area contributed by atoms with E-state index in [-0.39, 0.29) is 12.5 Å². The van der Waals surface area contributed by atoms with E-state index in [9.17, 15) is 4.79 Å². The highest BCUT2D eigenvalue weighted by Crippen LogP contribution is 2.18. The Bertz CT molecular complexity index is 678. The summed E-state index contributed by atoms with van der Waals surface area (Å²) >= 11 is 1.38. The maximum absolute atomic E-state index is 12.5. The quantitative estimate of drug-likeness (QED) is 0.871. The van der Waals surface area contributed by atoms with E-state index in [4.69, 9.17) is 5.11 Å². The van der Waals surface area contributed by atoms with Crippen molar-refractivity contribution in [3.8, 4) is 11.8 Å². The lowest BCUT2D eigenvalue weighted by molar-refractivity contribution is 0.0785. The Kier molecular flexibility index (Phi) is 5.14. The van der Waals surface area contributed by atoms with Crippen LogP contribution in [0, 0.1) is 11.8 Å². The molecule has 5 nitrogen and oxygen atoms in total. The summed E-state index contributed by atoms with van der Waals surface area (Å²) in [6.07, 6.45) is 3.97. The maximum atomic E-state index is 12.5. The number of aliphatic hydroxyl groups excluding tert-OH is 1. The topological polar surface area (TPSA) is 58.4 Å². The molecule has 21 heavy (non-hydrogen) atoms. The first-order valence-corrected chi connectivity index (χ1v) is 7.40. The zero-order chi connectivity index (χ0) is 15.2. The predicted molar refractivity (Wildman–Crippen MR) is 81.9 cm³/mol. The predicted octanol–water partition coefficient (Wildman–Crippen LogP) is 1.49. The molecule has 0 spiro atoms. The number of aliphatic hydroxyl groups is 1. The molecule has 0 bridgehead atoms. The van der Waals surface area contributed by atoms with Crippen LogP contribution in [-0.4, -0.2) is 39.1 Å². The molecule has 2 aromatic rings. The summed E-state index contributed by atoms with van der Waals surface area (Å²) < 4.78 is 1.89. The van der Waals surface area contributed by atoms with E-state index in [1.807, 2.05) is 29.3 Å². The van der Waals surface area contributed by atoms with E-state index in [0.717, 1.165) is 5.82 Å². The Hall–Kier alpha value is -2.10. The molecule has 110 valence electrons. The number of hydrogen-bond acceptors (Lipinski definition) is 4. The van der Waals surface area contributed by atoms with Crippen molar-refractivity contribution in [2.75, 3.05) is 13.7 Å². The van der Waals surface area contributed by atoms with Crippen LogP contribution in [0.15, 0.2) is 23.8 Å². The molecular weight excluding hydrogens is 286 g/mol. The van der Waals surface area contributed by atoms with Gasteiger partial charge in [-0.05, 0) is 11.4 Å². The lowest BCUT2D eigenvalue weighted by atomic mass is 10.2. The standard InChI is InChI=1S/C15H17N3O2S/c1-17-8-7-16-13(17)11-18(2)15(20)14-12(6-10-21-14)5-3-4-9-19/h6-8,10,19H,4,9,11H2,1-2H3. The number of carbonyl (C=O) groups excluding carboxylic acids is 1. The normalized spacial score (nSPS) is 10.0. The van der Waals surface area contributed by atoms with Gasteiger partial charge < -0.3 is 14.6 Å². The number of amides is 1. The number of rotatable bonds is 4. The first-order chi connectivity index (χ1) is 10.1. The van der Waals surface area contributed by atoms with E-state index >= 15 is 0 Å². The van der Waals surface area contributed by atoms with Crippen LogP contribution in [0.4, 0.5) is 0 Å². The highest BCUT2D eigenvalue weighted by atomic mass is 32.1. The second kappa shape index (κ2) is 7.07. The zero-order valence-electron chi connectivity index (χ0n) is 12.0. The fourth-order valence-electron chi connectivity index (χ4n) is 1.79. The number of nitrogens with zero attached hydrogens (tertiary/aromatic N) is 3. The van der Waals surface area contributed by atoms with E-state index < -0.39 is 0 Å². The van der Waals surface area contributed by atoms with Gasteiger partial charge in [0, 0.05) is 38.5 Å². The summed E-state index contributed by atoms with van der Waals surface area (Å²) in [5.74, 6) is 6.54. The second-order valence-corrected chi connectivity index (χ2v) is 5.47. The van der Waals surface area contributed by atoms with Crippen molar-refractivity contribution < 1.29 is 9.90 Å². The minimum absolute atomic E-state index is 0.0273. The molecule has 1 N–H and O–H groups in total. The van der Waals surface area contributed by atoms with E-state index in [2.05, 4.69) is 16.8 Å². The molecular formula is C15H17N3O2S. The molecule has 0 aromatic carbocycles. The Morgan fingerprint density at radius 1 is 1.57 bits per heavy atom. The molecule has 0 unspecified atom stereocenters. The summed E-state index contributed by atoms with van der Waals surface area (Å²) in [6, 6.07) is 1.83. The van der Waals surface area contributed by atoms with Crippen molar-refractivity contribution in [1.82, 2.24) is 14.5 Å².